The third kappa shape index (κ3) is 3.87. The summed E-state index contributed by atoms with van der Waals surface area (Å²) >= 11 is 3.17. The van der Waals surface area contributed by atoms with E-state index >= 15 is 0 Å². The number of nitrogens with one attached hydrogen (secondary N) is 1. The minimum atomic E-state index is -3.99. The number of hydrogen-bond donors (Lipinski definition) is 1. The number of nitrogens with zero attached hydrogens (tertiary/aromatic N) is 2. The molecule has 0 bridgehead atoms. The lowest BCUT2D eigenvalue weighted by molar-refractivity contribution is 0.367. The van der Waals surface area contributed by atoms with E-state index in [-0.39, 0.29) is 10.7 Å². The summed E-state index contributed by atoms with van der Waals surface area (Å²) in [6.07, 6.45) is 1.12. The number of hydrogen-bond acceptors (Lipinski definition) is 3. The first kappa shape index (κ1) is 20.3. The quantitative estimate of drug-likeness (QED) is 0.337. The molecule has 5 nitrogen and oxygen atoms in total. The number of aromatic nitrogens is 2. The summed E-state index contributed by atoms with van der Waals surface area (Å²) in [5, 5.41) is 3.74. The van der Waals surface area contributed by atoms with Crippen LogP contribution in [0.4, 0.5) is 27.8 Å². The maximum atomic E-state index is 13.7. The fourth-order valence-corrected chi connectivity index (χ4v) is 3.53. The molecule has 2 aromatic carbocycles. The third-order valence-corrected chi connectivity index (χ3v) is 5.52. The molecule has 0 saturated heterocycles. The lowest BCUT2D eigenvalue weighted by Crippen LogP contribution is -2.14. The van der Waals surface area contributed by atoms with Crippen LogP contribution in [0.5, 0.6) is 0 Å². The monoisotopic (exact) mass is 481 g/mol. The Hall–Kier alpha value is -2.47. The summed E-state index contributed by atoms with van der Waals surface area (Å²) < 4.78 is 95.3. The van der Waals surface area contributed by atoms with Crippen molar-refractivity contribution in [1.29, 1.82) is 0 Å². The summed E-state index contributed by atoms with van der Waals surface area (Å²) in [7, 11) is -3.99. The van der Waals surface area contributed by atoms with Gasteiger partial charge in [-0.15, -0.1) is 0 Å². The van der Waals surface area contributed by atoms with Gasteiger partial charge >= 0.3 is 0 Å². The molecular formula is C16H9BrF5N3O2S. The lowest BCUT2D eigenvalue weighted by atomic mass is 10.1. The van der Waals surface area contributed by atoms with Gasteiger partial charge in [-0.25, -0.2) is 30.4 Å². The van der Waals surface area contributed by atoms with Crippen molar-refractivity contribution in [3.63, 3.8) is 0 Å². The highest BCUT2D eigenvalue weighted by Gasteiger charge is 2.26. The molecule has 148 valence electrons. The summed E-state index contributed by atoms with van der Waals surface area (Å²) in [4.78, 5) is -0.0648. The van der Waals surface area contributed by atoms with E-state index in [0.29, 0.717) is 4.47 Å². The van der Waals surface area contributed by atoms with Crippen LogP contribution < -0.4 is 4.72 Å². The van der Waals surface area contributed by atoms with Crippen molar-refractivity contribution in [3.8, 4) is 0 Å². The molecule has 0 atom stereocenters. The Balaban J connectivity index is 1.85. The van der Waals surface area contributed by atoms with Crippen molar-refractivity contribution in [3.05, 3.63) is 75.7 Å². The van der Waals surface area contributed by atoms with Gasteiger partial charge in [0.05, 0.1) is 17.0 Å². The molecule has 0 fully saturated rings. The Morgan fingerprint density at radius 3 is 2.00 bits per heavy atom. The molecule has 0 aliphatic heterocycles. The lowest BCUT2D eigenvalue weighted by Gasteiger charge is -2.08. The van der Waals surface area contributed by atoms with Crippen LogP contribution >= 0.6 is 15.9 Å². The molecule has 0 amide bonds. The number of benzene rings is 2. The number of sulfonamides is 1. The minimum absolute atomic E-state index is 0.0648. The van der Waals surface area contributed by atoms with Crippen LogP contribution in [-0.4, -0.2) is 18.2 Å². The van der Waals surface area contributed by atoms with Crippen molar-refractivity contribution >= 4 is 31.8 Å². The average molecular weight is 482 g/mol. The molecule has 0 radical (unpaired) electrons. The molecule has 0 saturated carbocycles. The Morgan fingerprint density at radius 1 is 0.893 bits per heavy atom. The van der Waals surface area contributed by atoms with E-state index in [0.717, 1.165) is 10.9 Å². The Bertz CT molecular complexity index is 1120. The van der Waals surface area contributed by atoms with Crippen LogP contribution in [0.3, 0.4) is 0 Å². The summed E-state index contributed by atoms with van der Waals surface area (Å²) in [5.74, 6) is -10.6. The highest BCUT2D eigenvalue weighted by molar-refractivity contribution is 9.10. The van der Waals surface area contributed by atoms with Gasteiger partial charge in [-0.2, -0.15) is 5.10 Å². The van der Waals surface area contributed by atoms with Gasteiger partial charge in [0.25, 0.3) is 10.0 Å². The fourth-order valence-electron chi connectivity index (χ4n) is 2.27. The zero-order valence-corrected chi connectivity index (χ0v) is 16.0. The second-order valence-electron chi connectivity index (χ2n) is 5.51. The molecule has 12 heteroatoms. The average Bonchev–Trinajstić information content (AvgIpc) is 3.08. The van der Waals surface area contributed by atoms with Crippen LogP contribution in [0.15, 0.2) is 45.9 Å². The van der Waals surface area contributed by atoms with Gasteiger partial charge in [0, 0.05) is 16.7 Å². The molecule has 28 heavy (non-hydrogen) atoms. The Kier molecular flexibility index (Phi) is 5.44. The molecule has 0 unspecified atom stereocenters. The predicted molar refractivity (Wildman–Crippen MR) is 92.5 cm³/mol. The maximum absolute atomic E-state index is 13.7. The Labute approximate surface area is 164 Å². The largest absolute Gasteiger partial charge is 0.266 e. The first-order valence-electron chi connectivity index (χ1n) is 7.42. The first-order chi connectivity index (χ1) is 13.1. The molecule has 3 aromatic rings. The van der Waals surface area contributed by atoms with Crippen LogP contribution in [0.25, 0.3) is 0 Å². The van der Waals surface area contributed by atoms with Crippen molar-refractivity contribution in [2.75, 3.05) is 4.72 Å². The highest BCUT2D eigenvalue weighted by atomic mass is 79.9. The van der Waals surface area contributed by atoms with Crippen molar-refractivity contribution < 1.29 is 30.4 Å². The number of anilines is 1. The third-order valence-electron chi connectivity index (χ3n) is 3.62. The molecule has 1 N–H and O–H groups in total. The van der Waals surface area contributed by atoms with Gasteiger partial charge in [0.2, 0.25) is 5.82 Å². The molecule has 0 aliphatic rings. The van der Waals surface area contributed by atoms with E-state index in [1.807, 2.05) is 0 Å². The standard InChI is InChI=1S/C16H9BrF5N3O2S/c17-8-1-3-9(4-2-8)28(26,27)24-11-5-6-25(23-11)7-10-12(18)14(20)16(22)15(21)13(10)19/h1-6H,7H2,(H,23,24). The van der Waals surface area contributed by atoms with Crippen molar-refractivity contribution in [2.24, 2.45) is 0 Å². The maximum Gasteiger partial charge on any atom is 0.263 e. The normalized spacial score (nSPS) is 11.6. The molecule has 1 aromatic heterocycles. The van der Waals surface area contributed by atoms with E-state index in [9.17, 15) is 30.4 Å². The minimum Gasteiger partial charge on any atom is -0.266 e. The zero-order chi connectivity index (χ0) is 20.6. The SMILES string of the molecule is O=S(=O)(Nc1ccn(Cc2c(F)c(F)c(F)c(F)c2F)n1)c1ccc(Br)cc1. The Morgan fingerprint density at radius 2 is 1.43 bits per heavy atom. The van der Waals surface area contributed by atoms with Crippen LogP contribution in [0, 0.1) is 29.1 Å². The molecule has 0 aliphatic carbocycles. The van der Waals surface area contributed by atoms with Gasteiger partial charge in [0.1, 0.15) is 0 Å². The number of halogens is 6. The molecule has 3 rings (SSSR count). The number of rotatable bonds is 5. The van der Waals surface area contributed by atoms with Gasteiger partial charge in [-0.05, 0) is 24.3 Å². The van der Waals surface area contributed by atoms with Crippen LogP contribution in [-0.2, 0) is 16.6 Å². The zero-order valence-electron chi connectivity index (χ0n) is 13.6. The topological polar surface area (TPSA) is 64.0 Å². The predicted octanol–water partition coefficient (Wildman–Crippen LogP) is 4.19. The van der Waals surface area contributed by atoms with E-state index in [2.05, 4.69) is 25.8 Å². The smallest absolute Gasteiger partial charge is 0.263 e. The van der Waals surface area contributed by atoms with Gasteiger partial charge in [0.15, 0.2) is 29.1 Å². The second kappa shape index (κ2) is 7.51. The summed E-state index contributed by atoms with van der Waals surface area (Å²) in [6, 6.07) is 6.85. The van der Waals surface area contributed by atoms with Crippen LogP contribution in [0.2, 0.25) is 0 Å². The molecular weight excluding hydrogens is 473 g/mol. The first-order valence-corrected chi connectivity index (χ1v) is 9.70. The van der Waals surface area contributed by atoms with Crippen LogP contribution in [0.1, 0.15) is 5.56 Å². The van der Waals surface area contributed by atoms with Crippen molar-refractivity contribution in [1.82, 2.24) is 9.78 Å². The van der Waals surface area contributed by atoms with E-state index in [4.69, 9.17) is 0 Å². The second-order valence-corrected chi connectivity index (χ2v) is 8.10. The molecule has 1 heterocycles. The fraction of sp³-hybridized carbons (Fsp3) is 0.0625. The van der Waals surface area contributed by atoms with E-state index in [1.54, 1.807) is 0 Å². The van der Waals surface area contributed by atoms with Crippen molar-refractivity contribution in [2.45, 2.75) is 11.4 Å². The van der Waals surface area contributed by atoms with Gasteiger partial charge in [-0.3, -0.25) is 9.40 Å². The van der Waals surface area contributed by atoms with E-state index < -0.39 is 51.2 Å². The van der Waals surface area contributed by atoms with Gasteiger partial charge < -0.3 is 0 Å². The summed E-state index contributed by atoms with van der Waals surface area (Å²) in [5.41, 5.74) is -1.10. The highest BCUT2D eigenvalue weighted by Crippen LogP contribution is 2.24. The molecule has 0 spiro atoms. The van der Waals surface area contributed by atoms with E-state index in [1.165, 1.54) is 30.3 Å². The summed E-state index contributed by atoms with van der Waals surface area (Å²) in [6.45, 7) is -0.800. The van der Waals surface area contributed by atoms with Gasteiger partial charge in [-0.1, -0.05) is 15.9 Å².